The Kier molecular flexibility index (Phi) is 5.64. The zero-order chi connectivity index (χ0) is 14.5. The van der Waals surface area contributed by atoms with Gasteiger partial charge < -0.3 is 5.32 Å². The Bertz CT molecular complexity index is 400. The molecule has 1 fully saturated rings. The molecular formula is C17H31N3. The average molecular weight is 277 g/mol. The highest BCUT2D eigenvalue weighted by Gasteiger charge is 2.19. The molecule has 0 unspecified atom stereocenters. The number of nitrogens with zero attached hydrogens (tertiary/aromatic N) is 2. The van der Waals surface area contributed by atoms with Gasteiger partial charge in [0.1, 0.15) is 0 Å². The predicted molar refractivity (Wildman–Crippen MR) is 84.7 cm³/mol. The first-order valence-electron chi connectivity index (χ1n) is 8.33. The molecule has 0 amide bonds. The van der Waals surface area contributed by atoms with E-state index >= 15 is 0 Å². The molecule has 1 aromatic rings. The summed E-state index contributed by atoms with van der Waals surface area (Å²) in [5.41, 5.74) is 2.61. The zero-order valence-corrected chi connectivity index (χ0v) is 13.7. The summed E-state index contributed by atoms with van der Waals surface area (Å²) in [7, 11) is 2.02. The maximum absolute atomic E-state index is 4.57. The highest BCUT2D eigenvalue weighted by atomic mass is 15.3. The highest BCUT2D eigenvalue weighted by molar-refractivity contribution is 5.19. The Morgan fingerprint density at radius 2 is 1.90 bits per heavy atom. The van der Waals surface area contributed by atoms with E-state index in [2.05, 4.69) is 37.4 Å². The van der Waals surface area contributed by atoms with Crippen LogP contribution in [0.4, 0.5) is 0 Å². The summed E-state index contributed by atoms with van der Waals surface area (Å²) in [6.45, 7) is 8.91. The van der Waals surface area contributed by atoms with Crippen LogP contribution in [-0.4, -0.2) is 16.3 Å². The van der Waals surface area contributed by atoms with Gasteiger partial charge in [0.15, 0.2) is 0 Å². The van der Waals surface area contributed by atoms with Crippen LogP contribution in [0.5, 0.6) is 0 Å². The first-order valence-corrected chi connectivity index (χ1v) is 8.33. The van der Waals surface area contributed by atoms with Crippen LogP contribution in [-0.2, 0) is 13.6 Å². The fourth-order valence-corrected chi connectivity index (χ4v) is 3.43. The Hall–Kier alpha value is -0.830. The van der Waals surface area contributed by atoms with E-state index in [0.717, 1.165) is 18.4 Å². The van der Waals surface area contributed by atoms with Crippen LogP contribution in [0.3, 0.4) is 0 Å². The Morgan fingerprint density at radius 1 is 1.25 bits per heavy atom. The van der Waals surface area contributed by atoms with E-state index in [1.807, 2.05) is 11.7 Å². The van der Waals surface area contributed by atoms with E-state index < -0.39 is 0 Å². The average Bonchev–Trinajstić information content (AvgIpc) is 2.81. The summed E-state index contributed by atoms with van der Waals surface area (Å²) in [4.78, 5) is 0. The smallest absolute Gasteiger partial charge is 0.0694 e. The number of aryl methyl sites for hydroxylation is 1. The van der Waals surface area contributed by atoms with Gasteiger partial charge in [0.25, 0.3) is 0 Å². The van der Waals surface area contributed by atoms with Gasteiger partial charge in [-0.1, -0.05) is 40.0 Å². The van der Waals surface area contributed by atoms with Crippen molar-refractivity contribution in [1.82, 2.24) is 15.1 Å². The van der Waals surface area contributed by atoms with Crippen molar-refractivity contribution in [2.75, 3.05) is 6.54 Å². The number of hydrogen-bond acceptors (Lipinski definition) is 2. The van der Waals surface area contributed by atoms with Gasteiger partial charge in [-0.05, 0) is 37.1 Å². The summed E-state index contributed by atoms with van der Waals surface area (Å²) < 4.78 is 1.94. The lowest BCUT2D eigenvalue weighted by Crippen LogP contribution is -2.26. The Morgan fingerprint density at radius 3 is 2.50 bits per heavy atom. The van der Waals surface area contributed by atoms with Crippen LogP contribution in [0.25, 0.3) is 0 Å². The molecule has 0 bridgehead atoms. The third-order valence-electron chi connectivity index (χ3n) is 4.78. The standard InChI is InChI=1S/C17H31N3/c1-5-14-6-8-15(9-7-14)10-18-11-16-12-20(4)19-17(16)13(2)3/h12-15,18H,5-11H2,1-4H3. The van der Waals surface area contributed by atoms with E-state index in [-0.39, 0.29) is 0 Å². The Balaban J connectivity index is 1.76. The molecule has 3 heteroatoms. The van der Waals surface area contributed by atoms with Gasteiger partial charge in [-0.2, -0.15) is 5.10 Å². The first-order chi connectivity index (χ1) is 9.60. The molecule has 20 heavy (non-hydrogen) atoms. The summed E-state index contributed by atoms with van der Waals surface area (Å²) in [5, 5.41) is 8.23. The van der Waals surface area contributed by atoms with Crippen LogP contribution in [0.2, 0.25) is 0 Å². The van der Waals surface area contributed by atoms with Gasteiger partial charge in [0.05, 0.1) is 5.69 Å². The van der Waals surface area contributed by atoms with Crippen molar-refractivity contribution in [3.63, 3.8) is 0 Å². The predicted octanol–water partition coefficient (Wildman–Crippen LogP) is 3.85. The van der Waals surface area contributed by atoms with Crippen molar-refractivity contribution in [2.45, 2.75) is 65.3 Å². The van der Waals surface area contributed by atoms with E-state index in [1.54, 1.807) is 0 Å². The molecule has 0 radical (unpaired) electrons. The van der Waals surface area contributed by atoms with Gasteiger partial charge >= 0.3 is 0 Å². The zero-order valence-electron chi connectivity index (χ0n) is 13.7. The molecule has 0 saturated heterocycles. The molecule has 2 rings (SSSR count). The largest absolute Gasteiger partial charge is 0.312 e. The third kappa shape index (κ3) is 4.08. The molecule has 1 aliphatic carbocycles. The minimum atomic E-state index is 0.507. The molecule has 0 atom stereocenters. The fourth-order valence-electron chi connectivity index (χ4n) is 3.43. The maximum Gasteiger partial charge on any atom is 0.0694 e. The van der Waals surface area contributed by atoms with Crippen molar-refractivity contribution in [3.05, 3.63) is 17.5 Å². The lowest BCUT2D eigenvalue weighted by Gasteiger charge is -2.27. The van der Waals surface area contributed by atoms with Crippen LogP contribution < -0.4 is 5.32 Å². The second kappa shape index (κ2) is 7.26. The summed E-state index contributed by atoms with van der Waals surface area (Å²) in [5.74, 6) is 2.39. The molecule has 114 valence electrons. The number of aromatic nitrogens is 2. The second-order valence-corrected chi connectivity index (χ2v) is 6.79. The molecule has 3 nitrogen and oxygen atoms in total. The van der Waals surface area contributed by atoms with Crippen molar-refractivity contribution < 1.29 is 0 Å². The third-order valence-corrected chi connectivity index (χ3v) is 4.78. The molecule has 1 aromatic heterocycles. The van der Waals surface area contributed by atoms with Gasteiger partial charge in [-0.25, -0.2) is 0 Å². The van der Waals surface area contributed by atoms with Gasteiger partial charge in [-0.3, -0.25) is 4.68 Å². The minimum absolute atomic E-state index is 0.507. The molecule has 1 N–H and O–H groups in total. The van der Waals surface area contributed by atoms with E-state index in [0.29, 0.717) is 5.92 Å². The lowest BCUT2D eigenvalue weighted by molar-refractivity contribution is 0.262. The van der Waals surface area contributed by atoms with E-state index in [1.165, 1.54) is 49.9 Å². The summed E-state index contributed by atoms with van der Waals surface area (Å²) in [6.07, 6.45) is 9.23. The van der Waals surface area contributed by atoms with Gasteiger partial charge in [-0.15, -0.1) is 0 Å². The topological polar surface area (TPSA) is 29.9 Å². The number of nitrogens with one attached hydrogen (secondary N) is 1. The van der Waals surface area contributed by atoms with Crippen molar-refractivity contribution in [1.29, 1.82) is 0 Å². The quantitative estimate of drug-likeness (QED) is 0.856. The molecular weight excluding hydrogens is 246 g/mol. The molecule has 1 saturated carbocycles. The van der Waals surface area contributed by atoms with Crippen LogP contribution >= 0.6 is 0 Å². The normalized spacial score (nSPS) is 23.4. The minimum Gasteiger partial charge on any atom is -0.312 e. The SMILES string of the molecule is CCC1CCC(CNCc2cn(C)nc2C(C)C)CC1. The molecule has 0 spiro atoms. The lowest BCUT2D eigenvalue weighted by atomic mass is 9.81. The molecule has 1 heterocycles. The number of hydrogen-bond donors (Lipinski definition) is 1. The molecule has 0 aromatic carbocycles. The second-order valence-electron chi connectivity index (χ2n) is 6.79. The fraction of sp³-hybridized carbons (Fsp3) is 0.824. The van der Waals surface area contributed by atoms with Crippen LogP contribution in [0, 0.1) is 11.8 Å². The Labute approximate surface area is 124 Å². The van der Waals surface area contributed by atoms with Gasteiger partial charge in [0.2, 0.25) is 0 Å². The molecule has 1 aliphatic rings. The van der Waals surface area contributed by atoms with Gasteiger partial charge in [0, 0.05) is 25.4 Å². The van der Waals surface area contributed by atoms with Crippen molar-refractivity contribution in [3.8, 4) is 0 Å². The number of rotatable bonds is 6. The maximum atomic E-state index is 4.57. The van der Waals surface area contributed by atoms with E-state index in [4.69, 9.17) is 0 Å². The van der Waals surface area contributed by atoms with E-state index in [9.17, 15) is 0 Å². The van der Waals surface area contributed by atoms with Crippen LogP contribution in [0.15, 0.2) is 6.20 Å². The summed E-state index contributed by atoms with van der Waals surface area (Å²) >= 11 is 0. The van der Waals surface area contributed by atoms with Crippen LogP contribution in [0.1, 0.15) is 70.1 Å². The highest BCUT2D eigenvalue weighted by Crippen LogP contribution is 2.30. The van der Waals surface area contributed by atoms with Crippen molar-refractivity contribution in [2.24, 2.45) is 18.9 Å². The molecule has 0 aliphatic heterocycles. The summed E-state index contributed by atoms with van der Waals surface area (Å²) in [6, 6.07) is 0. The van der Waals surface area contributed by atoms with Crippen molar-refractivity contribution >= 4 is 0 Å². The monoisotopic (exact) mass is 277 g/mol. The first kappa shape index (κ1) is 15.6.